The number of amides is 2. The number of benzene rings is 1. The third kappa shape index (κ3) is 3.25. The van der Waals surface area contributed by atoms with Crippen molar-refractivity contribution in [1.82, 2.24) is 10.2 Å². The fourth-order valence-corrected chi connectivity index (χ4v) is 3.72. The summed E-state index contributed by atoms with van der Waals surface area (Å²) >= 11 is 0. The van der Waals surface area contributed by atoms with Gasteiger partial charge in [0, 0.05) is 19.0 Å². The maximum absolute atomic E-state index is 12.8. The smallest absolute Gasteiger partial charge is 0.245 e. The van der Waals surface area contributed by atoms with Gasteiger partial charge in [0.1, 0.15) is 11.3 Å². The summed E-state index contributed by atoms with van der Waals surface area (Å²) in [5.74, 6) is 0.830. The van der Waals surface area contributed by atoms with Gasteiger partial charge in [-0.25, -0.2) is 0 Å². The second-order valence-corrected chi connectivity index (χ2v) is 7.06. The Bertz CT molecular complexity index is 608. The molecule has 2 aliphatic rings. The Morgan fingerprint density at radius 3 is 2.58 bits per heavy atom. The van der Waals surface area contributed by atoms with Crippen molar-refractivity contribution in [3.8, 4) is 5.75 Å². The summed E-state index contributed by atoms with van der Waals surface area (Å²) in [5.41, 5.74) is 0.255. The molecule has 24 heavy (non-hydrogen) atoms. The zero-order valence-electron chi connectivity index (χ0n) is 14.5. The van der Waals surface area contributed by atoms with Crippen LogP contribution in [0.1, 0.15) is 51.0 Å². The normalized spacial score (nSPS) is 24.4. The zero-order chi connectivity index (χ0) is 17.2. The van der Waals surface area contributed by atoms with Crippen molar-refractivity contribution in [3.63, 3.8) is 0 Å². The largest absolute Gasteiger partial charge is 0.497 e. The minimum atomic E-state index is -0.750. The van der Waals surface area contributed by atoms with Gasteiger partial charge in [0.15, 0.2) is 0 Å². The van der Waals surface area contributed by atoms with Crippen LogP contribution in [0.15, 0.2) is 24.3 Å². The zero-order valence-corrected chi connectivity index (χ0v) is 14.5. The minimum absolute atomic E-state index is 0.00578. The first kappa shape index (κ1) is 16.8. The standard InChI is InChI=1S/C19H26N2O3/c1-19(18(23)20-15-5-3-4-6-15)12-11-17(22)21(19)13-14-7-9-16(24-2)10-8-14/h7-10,15H,3-6,11-13H2,1-2H3,(H,20,23)/t19-/m1/s1. The fraction of sp³-hybridized carbons (Fsp3) is 0.579. The molecule has 1 atom stereocenters. The number of ether oxygens (including phenoxy) is 1. The van der Waals surface area contributed by atoms with Gasteiger partial charge in [0.05, 0.1) is 7.11 Å². The number of carbonyl (C=O) groups is 2. The molecule has 1 N–H and O–H groups in total. The van der Waals surface area contributed by atoms with Crippen LogP contribution < -0.4 is 10.1 Å². The van der Waals surface area contributed by atoms with E-state index in [1.165, 1.54) is 12.8 Å². The molecule has 2 amide bonds. The van der Waals surface area contributed by atoms with Crippen molar-refractivity contribution >= 4 is 11.8 Å². The van der Waals surface area contributed by atoms with Crippen LogP contribution in [0, 0.1) is 0 Å². The van der Waals surface area contributed by atoms with Crippen LogP contribution in [-0.2, 0) is 16.1 Å². The van der Waals surface area contributed by atoms with Crippen molar-refractivity contribution in [2.75, 3.05) is 7.11 Å². The van der Waals surface area contributed by atoms with Crippen molar-refractivity contribution in [2.24, 2.45) is 0 Å². The molecule has 0 spiro atoms. The van der Waals surface area contributed by atoms with E-state index in [0.29, 0.717) is 19.4 Å². The molecular formula is C19H26N2O3. The number of likely N-dealkylation sites (tertiary alicyclic amines) is 1. The third-order valence-electron chi connectivity index (χ3n) is 5.40. The summed E-state index contributed by atoms with van der Waals surface area (Å²) in [6, 6.07) is 7.92. The SMILES string of the molecule is COc1ccc(CN2C(=O)CC[C@]2(C)C(=O)NC2CCCC2)cc1. The Hall–Kier alpha value is -2.04. The van der Waals surface area contributed by atoms with Gasteiger partial charge in [0.25, 0.3) is 0 Å². The van der Waals surface area contributed by atoms with Crippen LogP contribution in [-0.4, -0.2) is 35.4 Å². The molecule has 1 aliphatic heterocycles. The molecular weight excluding hydrogens is 304 g/mol. The van der Waals surface area contributed by atoms with Crippen molar-refractivity contribution in [3.05, 3.63) is 29.8 Å². The summed E-state index contributed by atoms with van der Waals surface area (Å²) in [5, 5.41) is 3.16. The second kappa shape index (κ2) is 6.83. The van der Waals surface area contributed by atoms with Crippen LogP contribution in [0.2, 0.25) is 0 Å². The van der Waals surface area contributed by atoms with Crippen molar-refractivity contribution < 1.29 is 14.3 Å². The Balaban J connectivity index is 1.73. The van der Waals surface area contributed by atoms with E-state index in [-0.39, 0.29) is 17.9 Å². The highest BCUT2D eigenvalue weighted by atomic mass is 16.5. The molecule has 1 saturated carbocycles. The molecule has 1 aliphatic carbocycles. The lowest BCUT2D eigenvalue weighted by molar-refractivity contribution is -0.141. The molecule has 0 unspecified atom stereocenters. The van der Waals surface area contributed by atoms with Crippen LogP contribution in [0.4, 0.5) is 0 Å². The predicted molar refractivity (Wildman–Crippen MR) is 91.6 cm³/mol. The van der Waals surface area contributed by atoms with Gasteiger partial charge in [0.2, 0.25) is 11.8 Å². The number of methoxy groups -OCH3 is 1. The van der Waals surface area contributed by atoms with E-state index in [1.807, 2.05) is 31.2 Å². The van der Waals surface area contributed by atoms with E-state index in [0.717, 1.165) is 24.2 Å². The maximum Gasteiger partial charge on any atom is 0.245 e. The number of nitrogens with zero attached hydrogens (tertiary/aromatic N) is 1. The van der Waals surface area contributed by atoms with E-state index < -0.39 is 5.54 Å². The molecule has 2 fully saturated rings. The number of rotatable bonds is 5. The molecule has 0 aromatic heterocycles. The molecule has 1 heterocycles. The summed E-state index contributed by atoms with van der Waals surface area (Å²) in [7, 11) is 1.63. The maximum atomic E-state index is 12.8. The lowest BCUT2D eigenvalue weighted by Crippen LogP contribution is -2.55. The molecule has 5 nitrogen and oxygen atoms in total. The first-order chi connectivity index (χ1) is 11.5. The Labute approximate surface area is 143 Å². The third-order valence-corrected chi connectivity index (χ3v) is 5.40. The molecule has 0 radical (unpaired) electrons. The highest BCUT2D eigenvalue weighted by Gasteiger charge is 2.47. The molecule has 1 saturated heterocycles. The van der Waals surface area contributed by atoms with Gasteiger partial charge < -0.3 is 15.0 Å². The number of carbonyl (C=O) groups excluding carboxylic acids is 2. The van der Waals surface area contributed by atoms with Crippen LogP contribution in [0.25, 0.3) is 0 Å². The summed E-state index contributed by atoms with van der Waals surface area (Å²) < 4.78 is 5.17. The molecule has 5 heteroatoms. The van der Waals surface area contributed by atoms with E-state index in [2.05, 4.69) is 5.32 Å². The predicted octanol–water partition coefficient (Wildman–Crippen LogP) is 2.64. The van der Waals surface area contributed by atoms with E-state index in [9.17, 15) is 9.59 Å². The number of hydrogen-bond donors (Lipinski definition) is 1. The van der Waals surface area contributed by atoms with Gasteiger partial charge in [-0.1, -0.05) is 25.0 Å². The quantitative estimate of drug-likeness (QED) is 0.903. The highest BCUT2D eigenvalue weighted by molar-refractivity contribution is 5.94. The second-order valence-electron chi connectivity index (χ2n) is 7.06. The van der Waals surface area contributed by atoms with Gasteiger partial charge in [-0.2, -0.15) is 0 Å². The van der Waals surface area contributed by atoms with Gasteiger partial charge in [-0.15, -0.1) is 0 Å². The van der Waals surface area contributed by atoms with Crippen molar-refractivity contribution in [1.29, 1.82) is 0 Å². The lowest BCUT2D eigenvalue weighted by Gasteiger charge is -2.35. The summed E-state index contributed by atoms with van der Waals surface area (Å²) in [4.78, 5) is 27.0. The average Bonchev–Trinajstić information content (AvgIpc) is 3.19. The Morgan fingerprint density at radius 2 is 1.96 bits per heavy atom. The Kier molecular flexibility index (Phi) is 4.78. The number of nitrogens with one attached hydrogen (secondary N) is 1. The fourth-order valence-electron chi connectivity index (χ4n) is 3.72. The monoisotopic (exact) mass is 330 g/mol. The van der Waals surface area contributed by atoms with E-state index in [1.54, 1.807) is 12.0 Å². The average molecular weight is 330 g/mol. The first-order valence-corrected chi connectivity index (χ1v) is 8.77. The lowest BCUT2D eigenvalue weighted by atomic mass is 9.96. The molecule has 1 aromatic rings. The molecule has 130 valence electrons. The van der Waals surface area contributed by atoms with Gasteiger partial charge >= 0.3 is 0 Å². The molecule has 0 bridgehead atoms. The van der Waals surface area contributed by atoms with Crippen LogP contribution in [0.3, 0.4) is 0 Å². The molecule has 1 aromatic carbocycles. The van der Waals surface area contributed by atoms with Gasteiger partial charge in [-0.05, 0) is 43.9 Å². The van der Waals surface area contributed by atoms with E-state index >= 15 is 0 Å². The van der Waals surface area contributed by atoms with Crippen molar-refractivity contribution in [2.45, 2.75) is 63.6 Å². The van der Waals surface area contributed by atoms with Crippen LogP contribution in [0.5, 0.6) is 5.75 Å². The first-order valence-electron chi connectivity index (χ1n) is 8.77. The Morgan fingerprint density at radius 1 is 1.29 bits per heavy atom. The summed E-state index contributed by atoms with van der Waals surface area (Å²) in [6.45, 7) is 2.35. The topological polar surface area (TPSA) is 58.6 Å². The molecule has 3 rings (SSSR count). The minimum Gasteiger partial charge on any atom is -0.497 e. The van der Waals surface area contributed by atoms with Gasteiger partial charge in [-0.3, -0.25) is 9.59 Å². The highest BCUT2D eigenvalue weighted by Crippen LogP contribution is 2.33. The number of hydrogen-bond acceptors (Lipinski definition) is 3. The van der Waals surface area contributed by atoms with Crippen LogP contribution >= 0.6 is 0 Å². The summed E-state index contributed by atoms with van der Waals surface area (Å²) in [6.07, 6.45) is 5.47. The van der Waals surface area contributed by atoms with E-state index in [4.69, 9.17) is 4.74 Å².